The molecule has 0 bridgehead atoms. The predicted molar refractivity (Wildman–Crippen MR) is 38.8 cm³/mol. The van der Waals surface area contributed by atoms with E-state index in [-0.39, 0.29) is 6.04 Å². The minimum absolute atomic E-state index is 0.104. The smallest absolute Gasteiger partial charge is 0.205 e. The molecule has 50 valence electrons. The fourth-order valence-corrected chi connectivity index (χ4v) is 0.491. The zero-order chi connectivity index (χ0) is 6.78. The second kappa shape index (κ2) is 3.11. The summed E-state index contributed by atoms with van der Waals surface area (Å²) in [5, 5.41) is 2.81. The Kier molecular flexibility index (Phi) is 3.44. The lowest BCUT2D eigenvalue weighted by Gasteiger charge is -2.18. The quantitative estimate of drug-likeness (QED) is 0.603. The number of halogens is 3. The maximum absolute atomic E-state index is 5.45. The molecule has 0 amide bonds. The van der Waals surface area contributed by atoms with Crippen molar-refractivity contribution in [3.05, 3.63) is 0 Å². The van der Waals surface area contributed by atoms with Crippen molar-refractivity contribution < 1.29 is 0 Å². The summed E-state index contributed by atoms with van der Waals surface area (Å²) >= 11 is 16.4. The molecule has 1 unspecified atom stereocenters. The van der Waals surface area contributed by atoms with Crippen LogP contribution in [0.4, 0.5) is 0 Å². The van der Waals surface area contributed by atoms with Crippen LogP contribution in [0, 0.1) is 0 Å². The Morgan fingerprint density at radius 1 is 1.38 bits per heavy atom. The summed E-state index contributed by atoms with van der Waals surface area (Å²) < 4.78 is -1.19. The number of hydrogen-bond acceptors (Lipinski definition) is 1. The molecule has 0 heterocycles. The van der Waals surface area contributed by atoms with Crippen LogP contribution >= 0.6 is 34.8 Å². The van der Waals surface area contributed by atoms with Gasteiger partial charge < -0.3 is 5.32 Å². The highest BCUT2D eigenvalue weighted by molar-refractivity contribution is 6.68. The van der Waals surface area contributed by atoms with Gasteiger partial charge in [-0.05, 0) is 14.0 Å². The minimum Gasteiger partial charge on any atom is -0.313 e. The van der Waals surface area contributed by atoms with Gasteiger partial charge in [0.15, 0.2) is 0 Å². The van der Waals surface area contributed by atoms with E-state index in [2.05, 4.69) is 5.32 Å². The van der Waals surface area contributed by atoms with Crippen molar-refractivity contribution in [2.45, 2.75) is 16.8 Å². The SMILES string of the molecule is CNC(C)C(Cl)(Cl)Cl. The van der Waals surface area contributed by atoms with Gasteiger partial charge in [0.1, 0.15) is 0 Å². The molecule has 0 radical (unpaired) electrons. The van der Waals surface area contributed by atoms with E-state index >= 15 is 0 Å². The largest absolute Gasteiger partial charge is 0.313 e. The summed E-state index contributed by atoms with van der Waals surface area (Å²) in [4.78, 5) is 0. The molecule has 0 aromatic carbocycles. The van der Waals surface area contributed by atoms with Crippen LogP contribution < -0.4 is 5.32 Å². The Bertz CT molecular complexity index is 68.2. The highest BCUT2D eigenvalue weighted by Gasteiger charge is 2.26. The Hall–Kier alpha value is 0.830. The third-order valence-corrected chi connectivity index (χ3v) is 1.91. The number of rotatable bonds is 1. The van der Waals surface area contributed by atoms with E-state index in [1.165, 1.54) is 0 Å². The number of alkyl halides is 3. The first-order valence-corrected chi connectivity index (χ1v) is 3.36. The van der Waals surface area contributed by atoms with Crippen molar-refractivity contribution >= 4 is 34.8 Å². The van der Waals surface area contributed by atoms with E-state index in [0.29, 0.717) is 0 Å². The molecule has 1 atom stereocenters. The number of hydrogen-bond donors (Lipinski definition) is 1. The molecule has 0 aliphatic heterocycles. The Morgan fingerprint density at radius 2 is 1.75 bits per heavy atom. The van der Waals surface area contributed by atoms with E-state index in [4.69, 9.17) is 34.8 Å². The zero-order valence-corrected chi connectivity index (χ0v) is 6.98. The lowest BCUT2D eigenvalue weighted by atomic mass is 10.4. The van der Waals surface area contributed by atoms with E-state index in [9.17, 15) is 0 Å². The second-order valence-corrected chi connectivity index (χ2v) is 3.92. The third-order valence-electron chi connectivity index (χ3n) is 0.924. The third kappa shape index (κ3) is 2.98. The van der Waals surface area contributed by atoms with Gasteiger partial charge >= 0.3 is 0 Å². The summed E-state index contributed by atoms with van der Waals surface area (Å²) in [6, 6.07) is -0.104. The summed E-state index contributed by atoms with van der Waals surface area (Å²) in [7, 11) is 1.74. The first kappa shape index (κ1) is 8.83. The molecule has 0 aliphatic rings. The summed E-state index contributed by atoms with van der Waals surface area (Å²) in [6.45, 7) is 1.80. The topological polar surface area (TPSA) is 12.0 Å². The fraction of sp³-hybridized carbons (Fsp3) is 1.00. The molecule has 0 saturated heterocycles. The van der Waals surface area contributed by atoms with Crippen LogP contribution in [0.15, 0.2) is 0 Å². The minimum atomic E-state index is -1.19. The Morgan fingerprint density at radius 3 is 1.75 bits per heavy atom. The molecule has 0 aromatic rings. The van der Waals surface area contributed by atoms with Crippen molar-refractivity contribution in [2.75, 3.05) is 7.05 Å². The van der Waals surface area contributed by atoms with Gasteiger partial charge in [0, 0.05) is 0 Å². The molecule has 0 fully saturated rings. The monoisotopic (exact) mass is 175 g/mol. The zero-order valence-electron chi connectivity index (χ0n) is 4.71. The molecule has 0 saturated carbocycles. The fourth-order valence-electron chi connectivity index (χ4n) is 0.164. The predicted octanol–water partition coefficient (Wildman–Crippen LogP) is 1.96. The lowest BCUT2D eigenvalue weighted by molar-refractivity contribution is 0.624. The van der Waals surface area contributed by atoms with Gasteiger partial charge in [-0.15, -0.1) is 0 Å². The van der Waals surface area contributed by atoms with E-state index in [1.54, 1.807) is 14.0 Å². The van der Waals surface area contributed by atoms with Crippen molar-refractivity contribution in [1.82, 2.24) is 5.32 Å². The van der Waals surface area contributed by atoms with E-state index in [0.717, 1.165) is 0 Å². The normalized spacial score (nSPS) is 16.1. The Labute approximate surface area is 64.3 Å². The average molecular weight is 176 g/mol. The van der Waals surface area contributed by atoms with Crippen molar-refractivity contribution in [3.63, 3.8) is 0 Å². The molecule has 1 N–H and O–H groups in total. The molecule has 8 heavy (non-hydrogen) atoms. The van der Waals surface area contributed by atoms with Crippen LogP contribution in [0.2, 0.25) is 0 Å². The first-order valence-electron chi connectivity index (χ1n) is 2.22. The van der Waals surface area contributed by atoms with Gasteiger partial charge in [-0.1, -0.05) is 34.8 Å². The molecule has 0 aliphatic carbocycles. The molecule has 0 aromatic heterocycles. The van der Waals surface area contributed by atoms with E-state index < -0.39 is 3.79 Å². The molecule has 4 heteroatoms. The van der Waals surface area contributed by atoms with Crippen LogP contribution in [0.5, 0.6) is 0 Å². The highest BCUT2D eigenvalue weighted by Crippen LogP contribution is 2.29. The summed E-state index contributed by atoms with van der Waals surface area (Å²) in [5.74, 6) is 0. The summed E-state index contributed by atoms with van der Waals surface area (Å²) in [6.07, 6.45) is 0. The van der Waals surface area contributed by atoms with Gasteiger partial charge in [0.2, 0.25) is 3.79 Å². The maximum Gasteiger partial charge on any atom is 0.205 e. The second-order valence-electron chi connectivity index (χ2n) is 1.55. The van der Waals surface area contributed by atoms with Crippen molar-refractivity contribution in [2.24, 2.45) is 0 Å². The summed E-state index contributed by atoms with van der Waals surface area (Å²) in [5.41, 5.74) is 0. The van der Waals surface area contributed by atoms with Crippen molar-refractivity contribution in [3.8, 4) is 0 Å². The number of nitrogens with one attached hydrogen (secondary N) is 1. The molecular formula is C4H8Cl3N. The van der Waals surface area contributed by atoms with Crippen molar-refractivity contribution in [1.29, 1.82) is 0 Å². The molecular weight excluding hydrogens is 168 g/mol. The van der Waals surface area contributed by atoms with Gasteiger partial charge in [-0.2, -0.15) is 0 Å². The molecule has 0 rings (SSSR count). The average Bonchev–Trinajstić information content (AvgIpc) is 1.62. The van der Waals surface area contributed by atoms with Crippen LogP contribution in [0.3, 0.4) is 0 Å². The Balaban J connectivity index is 3.62. The van der Waals surface area contributed by atoms with Gasteiger partial charge in [0.25, 0.3) is 0 Å². The molecule has 1 nitrogen and oxygen atoms in total. The lowest BCUT2D eigenvalue weighted by Crippen LogP contribution is -2.34. The standard InChI is InChI=1S/C4H8Cl3N/c1-3(8-2)4(5,6)7/h3,8H,1-2H3. The van der Waals surface area contributed by atoms with Gasteiger partial charge in [0.05, 0.1) is 6.04 Å². The molecule has 0 spiro atoms. The van der Waals surface area contributed by atoms with E-state index in [1.807, 2.05) is 0 Å². The van der Waals surface area contributed by atoms with Crippen LogP contribution in [0.25, 0.3) is 0 Å². The van der Waals surface area contributed by atoms with Crippen LogP contribution in [0.1, 0.15) is 6.92 Å². The van der Waals surface area contributed by atoms with Gasteiger partial charge in [-0.3, -0.25) is 0 Å². The first-order chi connectivity index (χ1) is 3.48. The highest BCUT2D eigenvalue weighted by atomic mass is 35.6. The van der Waals surface area contributed by atoms with Crippen LogP contribution in [-0.2, 0) is 0 Å². The van der Waals surface area contributed by atoms with Crippen LogP contribution in [-0.4, -0.2) is 16.9 Å². The van der Waals surface area contributed by atoms with Gasteiger partial charge in [-0.25, -0.2) is 0 Å². The maximum atomic E-state index is 5.45.